The van der Waals surface area contributed by atoms with Gasteiger partial charge in [-0.25, -0.2) is 0 Å². The molecule has 0 fully saturated rings. The molecule has 1 aromatic rings. The Kier molecular flexibility index (Phi) is 8.73. The number of ether oxygens (including phenoxy) is 1. The second-order valence-corrected chi connectivity index (χ2v) is 7.45. The van der Waals surface area contributed by atoms with Crippen molar-refractivity contribution >= 4 is 10.1 Å². The summed E-state index contributed by atoms with van der Waals surface area (Å²) in [4.78, 5) is 0. The van der Waals surface area contributed by atoms with E-state index in [1.807, 2.05) is 30.3 Å². The summed E-state index contributed by atoms with van der Waals surface area (Å²) in [6.45, 7) is 7.78. The van der Waals surface area contributed by atoms with Crippen LogP contribution in [0.5, 0.6) is 0 Å². The lowest BCUT2D eigenvalue weighted by atomic mass is 9.82. The maximum atomic E-state index is 9.28. The number of benzene rings is 1. The highest BCUT2D eigenvalue weighted by atomic mass is 32.2. The molecule has 0 aliphatic rings. The minimum atomic E-state index is -3.67. The summed E-state index contributed by atoms with van der Waals surface area (Å²) in [6.07, 6.45) is 0.715. The monoisotopic (exact) mass is 318 g/mol. The maximum Gasteiger partial charge on any atom is 0.261 e. The molecule has 0 bridgehead atoms. The number of aliphatic hydroxyl groups is 1. The van der Waals surface area contributed by atoms with Gasteiger partial charge in [0.1, 0.15) is 0 Å². The summed E-state index contributed by atoms with van der Waals surface area (Å²) in [5.74, 6) is 0.191. The molecule has 0 saturated heterocycles. The molecule has 1 aromatic carbocycles. The Labute approximate surface area is 127 Å². The van der Waals surface area contributed by atoms with Gasteiger partial charge in [-0.1, -0.05) is 51.1 Å². The van der Waals surface area contributed by atoms with Gasteiger partial charge in [-0.15, -0.1) is 0 Å². The van der Waals surface area contributed by atoms with E-state index in [0.717, 1.165) is 0 Å². The van der Waals surface area contributed by atoms with Crippen LogP contribution in [0.2, 0.25) is 0 Å². The summed E-state index contributed by atoms with van der Waals surface area (Å²) in [5, 5.41) is 9.28. The van der Waals surface area contributed by atoms with Crippen molar-refractivity contribution in [3.8, 4) is 0 Å². The molecular weight excluding hydrogens is 292 g/mol. The molecule has 1 rings (SSSR count). The van der Waals surface area contributed by atoms with E-state index >= 15 is 0 Å². The standard InChI is InChI=1S/C14H22O2.CH4O3S/c1-14(2,3)13(9-15)11-16-10-12-7-5-4-6-8-12;1-5(2,3)4/h4-8,13,15H,9-11H2,1-3H3;1H3,(H,2,3,4). The summed E-state index contributed by atoms with van der Waals surface area (Å²) < 4.78 is 31.5. The van der Waals surface area contributed by atoms with Crippen LogP contribution >= 0.6 is 0 Å². The van der Waals surface area contributed by atoms with Crippen molar-refractivity contribution in [1.82, 2.24) is 0 Å². The average molecular weight is 318 g/mol. The summed E-state index contributed by atoms with van der Waals surface area (Å²) in [5.41, 5.74) is 1.26. The Morgan fingerprint density at radius 3 is 2.05 bits per heavy atom. The topological polar surface area (TPSA) is 83.8 Å². The molecule has 21 heavy (non-hydrogen) atoms. The van der Waals surface area contributed by atoms with Crippen LogP contribution in [0, 0.1) is 11.3 Å². The summed E-state index contributed by atoms with van der Waals surface area (Å²) >= 11 is 0. The van der Waals surface area contributed by atoms with Crippen LogP contribution in [-0.2, 0) is 21.5 Å². The van der Waals surface area contributed by atoms with Crippen molar-refractivity contribution < 1.29 is 22.8 Å². The Morgan fingerprint density at radius 1 is 1.19 bits per heavy atom. The minimum absolute atomic E-state index is 0.0887. The van der Waals surface area contributed by atoms with Gasteiger partial charge < -0.3 is 9.84 Å². The van der Waals surface area contributed by atoms with Crippen LogP contribution in [0.1, 0.15) is 26.3 Å². The fourth-order valence-corrected chi connectivity index (χ4v) is 1.47. The molecule has 0 saturated carbocycles. The fourth-order valence-electron chi connectivity index (χ4n) is 1.47. The van der Waals surface area contributed by atoms with Gasteiger partial charge >= 0.3 is 0 Å². The number of hydrogen-bond acceptors (Lipinski definition) is 4. The van der Waals surface area contributed by atoms with Crippen molar-refractivity contribution in [2.45, 2.75) is 27.4 Å². The molecule has 1 atom stereocenters. The first kappa shape index (κ1) is 20.1. The first-order valence-electron chi connectivity index (χ1n) is 6.69. The molecule has 2 N–H and O–H groups in total. The maximum absolute atomic E-state index is 9.28. The average Bonchev–Trinajstić information content (AvgIpc) is 2.32. The first-order valence-corrected chi connectivity index (χ1v) is 8.54. The molecule has 0 aliphatic carbocycles. The van der Waals surface area contributed by atoms with Crippen LogP contribution in [-0.4, -0.2) is 37.5 Å². The summed E-state index contributed by atoms with van der Waals surface area (Å²) in [6, 6.07) is 10.1. The minimum Gasteiger partial charge on any atom is -0.396 e. The van der Waals surface area contributed by atoms with Gasteiger partial charge in [0.2, 0.25) is 0 Å². The van der Waals surface area contributed by atoms with E-state index in [2.05, 4.69) is 20.8 Å². The number of rotatable bonds is 5. The molecule has 0 aliphatic heterocycles. The molecule has 6 heteroatoms. The predicted molar refractivity (Wildman–Crippen MR) is 83.6 cm³/mol. The van der Waals surface area contributed by atoms with Crippen molar-refractivity contribution in [3.63, 3.8) is 0 Å². The van der Waals surface area contributed by atoms with Gasteiger partial charge in [-0.3, -0.25) is 4.55 Å². The third-order valence-electron chi connectivity index (χ3n) is 2.88. The van der Waals surface area contributed by atoms with Gasteiger partial charge in [-0.05, 0) is 11.0 Å². The van der Waals surface area contributed by atoms with Crippen molar-refractivity contribution in [2.24, 2.45) is 11.3 Å². The quantitative estimate of drug-likeness (QED) is 0.814. The zero-order chi connectivity index (χ0) is 16.5. The van der Waals surface area contributed by atoms with Crippen LogP contribution in [0.25, 0.3) is 0 Å². The van der Waals surface area contributed by atoms with Crippen molar-refractivity contribution in [1.29, 1.82) is 0 Å². The highest BCUT2D eigenvalue weighted by molar-refractivity contribution is 7.85. The predicted octanol–water partition coefficient (Wildman–Crippen LogP) is 2.36. The zero-order valence-corrected chi connectivity index (χ0v) is 13.9. The molecule has 122 valence electrons. The summed E-state index contributed by atoms with van der Waals surface area (Å²) in [7, 11) is -3.67. The van der Waals surface area contributed by atoms with Crippen molar-refractivity contribution in [2.75, 3.05) is 19.5 Å². The Hall–Kier alpha value is -0.950. The zero-order valence-electron chi connectivity index (χ0n) is 13.1. The van der Waals surface area contributed by atoms with Gasteiger partial charge in [0, 0.05) is 12.5 Å². The van der Waals surface area contributed by atoms with Gasteiger partial charge in [0.15, 0.2) is 0 Å². The lowest BCUT2D eigenvalue weighted by molar-refractivity contribution is 0.0167. The lowest BCUT2D eigenvalue weighted by Gasteiger charge is -2.28. The van der Waals surface area contributed by atoms with Crippen LogP contribution < -0.4 is 0 Å². The Balaban J connectivity index is 0.000000690. The molecule has 0 radical (unpaired) electrons. The molecule has 1 unspecified atom stereocenters. The second-order valence-electron chi connectivity index (χ2n) is 5.98. The van der Waals surface area contributed by atoms with Gasteiger partial charge in [0.25, 0.3) is 10.1 Å². The number of aliphatic hydroxyl groups excluding tert-OH is 1. The fraction of sp³-hybridized carbons (Fsp3) is 0.600. The highest BCUT2D eigenvalue weighted by Gasteiger charge is 2.23. The molecule has 0 spiro atoms. The third kappa shape index (κ3) is 12.5. The van der Waals surface area contributed by atoms with E-state index < -0.39 is 10.1 Å². The molecule has 0 aromatic heterocycles. The Morgan fingerprint density at radius 2 is 1.67 bits per heavy atom. The van der Waals surface area contributed by atoms with Crippen LogP contribution in [0.3, 0.4) is 0 Å². The smallest absolute Gasteiger partial charge is 0.261 e. The second kappa shape index (κ2) is 9.15. The Bertz CT molecular complexity index is 469. The van der Waals surface area contributed by atoms with Gasteiger partial charge in [0.05, 0.1) is 19.5 Å². The van der Waals surface area contributed by atoms with E-state index in [1.165, 1.54) is 5.56 Å². The lowest BCUT2D eigenvalue weighted by Crippen LogP contribution is -2.28. The van der Waals surface area contributed by atoms with Crippen LogP contribution in [0.15, 0.2) is 30.3 Å². The molecule has 5 nitrogen and oxygen atoms in total. The van der Waals surface area contributed by atoms with Crippen LogP contribution in [0.4, 0.5) is 0 Å². The molecular formula is C15H26O5S. The van der Waals surface area contributed by atoms with E-state index in [-0.39, 0.29) is 17.9 Å². The van der Waals surface area contributed by atoms with E-state index in [9.17, 15) is 13.5 Å². The van der Waals surface area contributed by atoms with E-state index in [4.69, 9.17) is 9.29 Å². The van der Waals surface area contributed by atoms with E-state index in [0.29, 0.717) is 19.5 Å². The van der Waals surface area contributed by atoms with Gasteiger partial charge in [-0.2, -0.15) is 8.42 Å². The first-order chi connectivity index (χ1) is 9.54. The van der Waals surface area contributed by atoms with E-state index in [1.54, 1.807) is 0 Å². The third-order valence-corrected chi connectivity index (χ3v) is 2.88. The molecule has 0 amide bonds. The SMILES string of the molecule is CC(C)(C)C(CO)COCc1ccccc1.CS(=O)(=O)O. The normalized spacial score (nSPS) is 13.2. The molecule has 0 heterocycles. The number of hydrogen-bond donors (Lipinski definition) is 2. The highest BCUT2D eigenvalue weighted by Crippen LogP contribution is 2.25. The largest absolute Gasteiger partial charge is 0.396 e. The van der Waals surface area contributed by atoms with Crippen molar-refractivity contribution in [3.05, 3.63) is 35.9 Å².